The molecule has 38 heavy (non-hydrogen) atoms. The molecule has 10 heteroatoms. The van der Waals surface area contributed by atoms with E-state index in [1.54, 1.807) is 0 Å². The van der Waals surface area contributed by atoms with Crippen molar-refractivity contribution in [3.63, 3.8) is 0 Å². The monoisotopic (exact) mass is 514 g/mol. The van der Waals surface area contributed by atoms with Crippen LogP contribution in [0.5, 0.6) is 5.75 Å². The lowest BCUT2D eigenvalue weighted by Crippen LogP contribution is -2.34. The lowest BCUT2D eigenvalue weighted by Gasteiger charge is -2.32. The third-order valence-electron chi connectivity index (χ3n) is 8.22. The van der Waals surface area contributed by atoms with Gasteiger partial charge in [0.2, 0.25) is 0 Å². The molecule has 1 saturated carbocycles. The fourth-order valence-corrected chi connectivity index (χ4v) is 6.37. The molecule has 3 N–H and O–H groups in total. The summed E-state index contributed by atoms with van der Waals surface area (Å²) in [5.41, 5.74) is 8.82. The van der Waals surface area contributed by atoms with E-state index < -0.39 is 5.79 Å². The maximum Gasteiger partial charge on any atom is 0.263 e. The summed E-state index contributed by atoms with van der Waals surface area (Å²) < 4.78 is 20.7. The Morgan fingerprint density at radius 2 is 2.03 bits per heavy atom. The molecule has 1 aliphatic carbocycles. The molecule has 0 spiro atoms. The molecule has 196 valence electrons. The highest BCUT2D eigenvalue weighted by Gasteiger charge is 2.59. The van der Waals surface area contributed by atoms with Gasteiger partial charge in [-0.3, -0.25) is 4.79 Å². The van der Waals surface area contributed by atoms with Crippen LogP contribution in [0.4, 0.5) is 11.6 Å². The van der Waals surface area contributed by atoms with Gasteiger partial charge in [-0.05, 0) is 62.3 Å². The Morgan fingerprint density at radius 3 is 2.89 bits per heavy atom. The first kappa shape index (κ1) is 23.4. The Morgan fingerprint density at radius 1 is 1.16 bits per heavy atom. The molecule has 3 aromatic heterocycles. The fraction of sp³-hybridized carbons (Fsp3) is 0.429. The van der Waals surface area contributed by atoms with E-state index in [-0.39, 0.29) is 36.2 Å². The zero-order valence-electron chi connectivity index (χ0n) is 21.6. The Kier molecular flexibility index (Phi) is 4.99. The Balaban J connectivity index is 1.18. The number of nitrogen functional groups attached to an aromatic ring is 1. The number of aryl methyl sites for hydroxylation is 1. The van der Waals surface area contributed by atoms with Gasteiger partial charge in [0.1, 0.15) is 23.9 Å². The lowest BCUT2D eigenvalue weighted by molar-refractivity contribution is -0.168. The number of nitrogens with two attached hydrogens (primary N) is 1. The van der Waals surface area contributed by atoms with E-state index in [2.05, 4.69) is 50.0 Å². The molecule has 10 nitrogen and oxygen atoms in total. The predicted octanol–water partition coefficient (Wildman–Crippen LogP) is 4.00. The molecule has 2 aliphatic heterocycles. The van der Waals surface area contributed by atoms with E-state index in [1.807, 2.05) is 32.2 Å². The number of nitrogens with one attached hydrogen (secondary N) is 1. The number of benzene rings is 1. The smallest absolute Gasteiger partial charge is 0.263 e. The average Bonchev–Trinajstić information content (AvgIpc) is 3.53. The lowest BCUT2D eigenvalue weighted by atomic mass is 9.80. The highest BCUT2D eigenvalue weighted by atomic mass is 16.8. The zero-order chi connectivity index (χ0) is 26.2. The first-order valence-corrected chi connectivity index (χ1v) is 13.0. The number of rotatable bonds is 4. The van der Waals surface area contributed by atoms with E-state index in [0.717, 1.165) is 41.2 Å². The van der Waals surface area contributed by atoms with Crippen molar-refractivity contribution in [2.45, 2.75) is 64.1 Å². The quantitative estimate of drug-likeness (QED) is 0.419. The van der Waals surface area contributed by atoms with Gasteiger partial charge in [-0.15, -0.1) is 0 Å². The second-order valence-electron chi connectivity index (χ2n) is 11.4. The first-order valence-electron chi connectivity index (χ1n) is 13.0. The van der Waals surface area contributed by atoms with Gasteiger partial charge in [-0.1, -0.05) is 19.1 Å². The maximum absolute atomic E-state index is 11.7. The molecule has 5 heterocycles. The number of nitrogens with zero attached hydrogens (tertiary/aromatic N) is 4. The third-order valence-corrected chi connectivity index (χ3v) is 8.22. The fourth-order valence-electron chi connectivity index (χ4n) is 6.37. The van der Waals surface area contributed by atoms with Gasteiger partial charge < -0.3 is 29.8 Å². The number of ether oxygens (including phenoxy) is 3. The van der Waals surface area contributed by atoms with Crippen LogP contribution < -0.4 is 15.8 Å². The molecular weight excluding hydrogens is 484 g/mol. The van der Waals surface area contributed by atoms with Crippen LogP contribution in [0, 0.1) is 5.41 Å². The van der Waals surface area contributed by atoms with Crippen molar-refractivity contribution < 1.29 is 19.0 Å². The molecule has 1 saturated heterocycles. The standard InChI is InChI=1S/C28H30N6O4/c1-27(2)37-22-19(34-9-7-17-24(29)30-14-31-26(17)34)12-28(3,23(22)38-27)8-6-15-4-5-16-11-20-25(32-18(16)10-15)33-21(35)13-36-20/h4-5,7,9-11,14,19,22-23H,6,8,12-13H2,1-3H3,(H2,29,30,31)(H,32,33,35)/t19-,22+,23+,28+/m1/s1. The number of pyridine rings is 1. The summed E-state index contributed by atoms with van der Waals surface area (Å²) in [6, 6.07) is 10.3. The van der Waals surface area contributed by atoms with E-state index in [4.69, 9.17) is 19.9 Å². The zero-order valence-corrected chi connectivity index (χ0v) is 21.6. The van der Waals surface area contributed by atoms with Crippen LogP contribution in [0.2, 0.25) is 0 Å². The molecule has 0 bridgehead atoms. The van der Waals surface area contributed by atoms with Gasteiger partial charge in [-0.25, -0.2) is 15.0 Å². The van der Waals surface area contributed by atoms with Crippen LogP contribution in [0.3, 0.4) is 0 Å². The van der Waals surface area contributed by atoms with Crippen molar-refractivity contribution in [1.82, 2.24) is 19.5 Å². The summed E-state index contributed by atoms with van der Waals surface area (Å²) in [5, 5.41) is 4.62. The van der Waals surface area contributed by atoms with E-state index in [9.17, 15) is 4.79 Å². The Hall–Kier alpha value is -3.76. The van der Waals surface area contributed by atoms with Crippen LogP contribution in [0.25, 0.3) is 21.9 Å². The van der Waals surface area contributed by atoms with Gasteiger partial charge in [0, 0.05) is 11.6 Å². The molecule has 3 aliphatic rings. The number of hydrogen-bond donors (Lipinski definition) is 2. The molecule has 0 radical (unpaired) electrons. The summed E-state index contributed by atoms with van der Waals surface area (Å²) in [5.74, 6) is 0.704. The second kappa shape index (κ2) is 8.12. The summed E-state index contributed by atoms with van der Waals surface area (Å²) in [7, 11) is 0. The molecule has 4 aromatic rings. The van der Waals surface area contributed by atoms with Gasteiger partial charge in [-0.2, -0.15) is 0 Å². The minimum absolute atomic E-state index is 0.0156. The van der Waals surface area contributed by atoms with Crippen LogP contribution in [-0.4, -0.2) is 50.0 Å². The van der Waals surface area contributed by atoms with Gasteiger partial charge in [0.25, 0.3) is 5.91 Å². The summed E-state index contributed by atoms with van der Waals surface area (Å²) >= 11 is 0. The molecule has 4 atom stereocenters. The van der Waals surface area contributed by atoms with Gasteiger partial charge in [0.15, 0.2) is 24.0 Å². The Bertz CT molecular complexity index is 1600. The van der Waals surface area contributed by atoms with E-state index in [0.29, 0.717) is 17.4 Å². The van der Waals surface area contributed by atoms with Crippen molar-refractivity contribution in [1.29, 1.82) is 0 Å². The third kappa shape index (κ3) is 3.70. The number of anilines is 2. The molecular formula is C28H30N6O4. The van der Waals surface area contributed by atoms with Crippen LogP contribution >= 0.6 is 0 Å². The number of hydrogen-bond acceptors (Lipinski definition) is 8. The summed E-state index contributed by atoms with van der Waals surface area (Å²) in [6.07, 6.45) is 6.04. The summed E-state index contributed by atoms with van der Waals surface area (Å²) in [6.45, 7) is 6.28. The predicted molar refractivity (Wildman–Crippen MR) is 142 cm³/mol. The van der Waals surface area contributed by atoms with Crippen LogP contribution in [0.1, 0.15) is 45.2 Å². The van der Waals surface area contributed by atoms with Crippen molar-refractivity contribution in [2.75, 3.05) is 17.7 Å². The van der Waals surface area contributed by atoms with Crippen LogP contribution in [-0.2, 0) is 20.7 Å². The van der Waals surface area contributed by atoms with E-state index >= 15 is 0 Å². The summed E-state index contributed by atoms with van der Waals surface area (Å²) in [4.78, 5) is 25.1. The minimum Gasteiger partial charge on any atom is -0.480 e. The number of amides is 1. The highest BCUT2D eigenvalue weighted by molar-refractivity contribution is 5.96. The number of aromatic nitrogens is 4. The molecule has 0 unspecified atom stereocenters. The maximum atomic E-state index is 11.7. The minimum atomic E-state index is -0.662. The second-order valence-corrected chi connectivity index (χ2v) is 11.4. The average molecular weight is 515 g/mol. The van der Waals surface area contributed by atoms with Crippen LogP contribution in [0.15, 0.2) is 42.9 Å². The SMILES string of the molecule is CC1(C)O[C@H]2[C@H](n3ccc4c(N)ncnc43)C[C@](C)(CCc3ccc4cc5c(nc4c3)NC(=O)CO5)[C@H]2O1. The number of carbonyl (C=O) groups excluding carboxylic acids is 1. The first-order chi connectivity index (χ1) is 18.2. The molecule has 1 amide bonds. The molecule has 1 aromatic carbocycles. The normalized spacial score (nSPS) is 27.8. The van der Waals surface area contributed by atoms with Gasteiger partial charge in [0.05, 0.1) is 23.0 Å². The number of carbonyl (C=O) groups is 1. The molecule has 7 rings (SSSR count). The van der Waals surface area contributed by atoms with Crippen molar-refractivity contribution in [2.24, 2.45) is 5.41 Å². The number of fused-ring (bicyclic) bond motifs is 4. The topological polar surface area (TPSA) is 126 Å². The van der Waals surface area contributed by atoms with Crippen molar-refractivity contribution in [3.8, 4) is 5.75 Å². The largest absolute Gasteiger partial charge is 0.480 e. The van der Waals surface area contributed by atoms with Gasteiger partial charge >= 0.3 is 0 Å². The van der Waals surface area contributed by atoms with E-state index in [1.165, 1.54) is 11.9 Å². The van der Waals surface area contributed by atoms with Crippen molar-refractivity contribution >= 4 is 39.5 Å². The highest BCUT2D eigenvalue weighted by Crippen LogP contribution is 2.55. The van der Waals surface area contributed by atoms with Crippen molar-refractivity contribution in [3.05, 3.63) is 48.4 Å². The Labute approximate surface area is 219 Å². The molecule has 2 fully saturated rings.